The standard InChI is InChI=1S/C17H24N4O4/c18-9-8-16(22)19-12-15-3-1-2-10-20(15)17(23)11-13-4-6-14(7-5-13)21(24)25/h4-7,15H,1-3,8-12,18H2,(H,19,22). The predicted octanol–water partition coefficient (Wildman–Crippen LogP) is 0.983. The van der Waals surface area contributed by atoms with Crippen LogP contribution in [0.1, 0.15) is 31.2 Å². The molecule has 0 aromatic heterocycles. The van der Waals surface area contributed by atoms with Gasteiger partial charge in [-0.3, -0.25) is 19.7 Å². The number of likely N-dealkylation sites (tertiary alicyclic amines) is 1. The Labute approximate surface area is 146 Å². The molecular formula is C17H24N4O4. The smallest absolute Gasteiger partial charge is 0.269 e. The van der Waals surface area contributed by atoms with E-state index in [1.807, 2.05) is 4.90 Å². The summed E-state index contributed by atoms with van der Waals surface area (Å²) in [6, 6.07) is 6.02. The van der Waals surface area contributed by atoms with Gasteiger partial charge in [-0.2, -0.15) is 0 Å². The van der Waals surface area contributed by atoms with Crippen LogP contribution < -0.4 is 11.1 Å². The molecule has 8 heteroatoms. The third-order valence-corrected chi connectivity index (χ3v) is 4.36. The fraction of sp³-hybridized carbons (Fsp3) is 0.529. The Bertz CT molecular complexity index is 618. The second-order valence-electron chi connectivity index (χ2n) is 6.18. The minimum atomic E-state index is -0.462. The van der Waals surface area contributed by atoms with Crippen LogP contribution in [0.15, 0.2) is 24.3 Å². The van der Waals surface area contributed by atoms with Gasteiger partial charge in [0, 0.05) is 44.2 Å². The van der Waals surface area contributed by atoms with Crippen LogP contribution in [0.25, 0.3) is 0 Å². The van der Waals surface area contributed by atoms with Gasteiger partial charge >= 0.3 is 0 Å². The molecule has 1 aliphatic rings. The van der Waals surface area contributed by atoms with Crippen molar-refractivity contribution in [2.24, 2.45) is 5.73 Å². The minimum Gasteiger partial charge on any atom is -0.354 e. The van der Waals surface area contributed by atoms with E-state index in [4.69, 9.17) is 5.73 Å². The normalized spacial score (nSPS) is 17.2. The number of piperidine rings is 1. The molecule has 0 spiro atoms. The molecule has 2 amide bonds. The van der Waals surface area contributed by atoms with E-state index < -0.39 is 4.92 Å². The summed E-state index contributed by atoms with van der Waals surface area (Å²) in [7, 11) is 0. The van der Waals surface area contributed by atoms with Gasteiger partial charge in [-0.25, -0.2) is 0 Å². The van der Waals surface area contributed by atoms with E-state index in [1.165, 1.54) is 12.1 Å². The summed E-state index contributed by atoms with van der Waals surface area (Å²) < 4.78 is 0. The second-order valence-corrected chi connectivity index (χ2v) is 6.18. The molecule has 1 atom stereocenters. The molecule has 136 valence electrons. The largest absolute Gasteiger partial charge is 0.354 e. The summed E-state index contributed by atoms with van der Waals surface area (Å²) >= 11 is 0. The molecule has 1 unspecified atom stereocenters. The van der Waals surface area contributed by atoms with Gasteiger partial charge in [0.05, 0.1) is 11.3 Å². The van der Waals surface area contributed by atoms with Gasteiger partial charge in [-0.15, -0.1) is 0 Å². The van der Waals surface area contributed by atoms with Gasteiger partial charge in [0.25, 0.3) is 5.69 Å². The Morgan fingerprint density at radius 3 is 2.64 bits per heavy atom. The van der Waals surface area contributed by atoms with Crippen LogP contribution in [0, 0.1) is 10.1 Å². The fourth-order valence-electron chi connectivity index (χ4n) is 3.00. The van der Waals surface area contributed by atoms with Crippen LogP contribution >= 0.6 is 0 Å². The maximum Gasteiger partial charge on any atom is 0.269 e. The van der Waals surface area contributed by atoms with Crippen LogP contribution in [0.3, 0.4) is 0 Å². The summed E-state index contributed by atoms with van der Waals surface area (Å²) in [6.07, 6.45) is 3.31. The molecule has 1 aliphatic heterocycles. The molecule has 1 aromatic carbocycles. The Hall–Kier alpha value is -2.48. The number of nitro groups is 1. The summed E-state index contributed by atoms with van der Waals surface area (Å²) in [5.74, 6) is -0.123. The van der Waals surface area contributed by atoms with E-state index in [2.05, 4.69) is 5.32 Å². The van der Waals surface area contributed by atoms with Gasteiger partial charge in [-0.05, 0) is 24.8 Å². The highest BCUT2D eigenvalue weighted by Crippen LogP contribution is 2.19. The zero-order valence-electron chi connectivity index (χ0n) is 14.1. The molecule has 1 heterocycles. The first-order valence-electron chi connectivity index (χ1n) is 8.51. The number of carbonyl (C=O) groups excluding carboxylic acids is 2. The second kappa shape index (κ2) is 9.12. The van der Waals surface area contributed by atoms with Crippen molar-refractivity contribution >= 4 is 17.5 Å². The number of nitrogens with one attached hydrogen (secondary N) is 1. The van der Waals surface area contributed by atoms with Crippen molar-refractivity contribution in [1.82, 2.24) is 10.2 Å². The van der Waals surface area contributed by atoms with Crippen LogP contribution in [0.4, 0.5) is 5.69 Å². The molecule has 1 aromatic rings. The predicted molar refractivity (Wildman–Crippen MR) is 92.8 cm³/mol. The lowest BCUT2D eigenvalue weighted by atomic mass is 10.0. The molecule has 1 fully saturated rings. The zero-order chi connectivity index (χ0) is 18.2. The van der Waals surface area contributed by atoms with Crippen molar-refractivity contribution in [3.05, 3.63) is 39.9 Å². The molecule has 8 nitrogen and oxygen atoms in total. The lowest BCUT2D eigenvalue weighted by Crippen LogP contribution is -2.50. The first kappa shape index (κ1) is 18.9. The Kier molecular flexibility index (Phi) is 6.88. The van der Waals surface area contributed by atoms with Crippen molar-refractivity contribution in [2.75, 3.05) is 19.6 Å². The number of hydrogen-bond donors (Lipinski definition) is 2. The van der Waals surface area contributed by atoms with E-state index in [-0.39, 0.29) is 36.4 Å². The van der Waals surface area contributed by atoms with Crippen LogP contribution in [0.5, 0.6) is 0 Å². The molecule has 0 aliphatic carbocycles. The van der Waals surface area contributed by atoms with Crippen molar-refractivity contribution in [1.29, 1.82) is 0 Å². The SMILES string of the molecule is NCCC(=O)NCC1CCCCN1C(=O)Cc1ccc([N+](=O)[O-])cc1. The van der Waals surface area contributed by atoms with Crippen molar-refractivity contribution < 1.29 is 14.5 Å². The first-order chi connectivity index (χ1) is 12.0. The lowest BCUT2D eigenvalue weighted by Gasteiger charge is -2.36. The molecule has 0 bridgehead atoms. The molecule has 0 saturated carbocycles. The zero-order valence-corrected chi connectivity index (χ0v) is 14.1. The number of benzene rings is 1. The summed E-state index contributed by atoms with van der Waals surface area (Å²) in [5, 5.41) is 13.5. The number of nitrogens with two attached hydrogens (primary N) is 1. The molecule has 3 N–H and O–H groups in total. The molecular weight excluding hydrogens is 324 g/mol. The fourth-order valence-corrected chi connectivity index (χ4v) is 3.00. The highest BCUT2D eigenvalue weighted by molar-refractivity contribution is 5.79. The number of nitrogens with zero attached hydrogens (tertiary/aromatic N) is 2. The quantitative estimate of drug-likeness (QED) is 0.562. The minimum absolute atomic E-state index is 0.00895. The third kappa shape index (κ3) is 5.53. The van der Waals surface area contributed by atoms with Crippen LogP contribution in [0.2, 0.25) is 0 Å². The summed E-state index contributed by atoms with van der Waals surface area (Å²) in [6.45, 7) is 1.41. The van der Waals surface area contributed by atoms with E-state index in [0.29, 0.717) is 19.6 Å². The number of hydrogen-bond acceptors (Lipinski definition) is 5. The van der Waals surface area contributed by atoms with Crippen molar-refractivity contribution in [3.63, 3.8) is 0 Å². The van der Waals surface area contributed by atoms with Crippen LogP contribution in [-0.4, -0.2) is 47.3 Å². The Balaban J connectivity index is 1.94. The van der Waals surface area contributed by atoms with Crippen molar-refractivity contribution in [2.45, 2.75) is 38.1 Å². The highest BCUT2D eigenvalue weighted by atomic mass is 16.6. The number of nitro benzene ring substituents is 1. The third-order valence-electron chi connectivity index (χ3n) is 4.36. The van der Waals surface area contributed by atoms with Gasteiger partial charge in [0.15, 0.2) is 0 Å². The maximum absolute atomic E-state index is 12.6. The number of non-ortho nitro benzene ring substituents is 1. The number of amides is 2. The van der Waals surface area contributed by atoms with Gasteiger partial charge < -0.3 is 16.0 Å². The van der Waals surface area contributed by atoms with Gasteiger partial charge in [0.2, 0.25) is 11.8 Å². The van der Waals surface area contributed by atoms with E-state index >= 15 is 0 Å². The van der Waals surface area contributed by atoms with Gasteiger partial charge in [-0.1, -0.05) is 12.1 Å². The average Bonchev–Trinajstić information content (AvgIpc) is 2.61. The lowest BCUT2D eigenvalue weighted by molar-refractivity contribution is -0.384. The number of rotatable bonds is 7. The van der Waals surface area contributed by atoms with E-state index in [1.54, 1.807) is 12.1 Å². The Morgan fingerprint density at radius 1 is 1.28 bits per heavy atom. The summed E-state index contributed by atoms with van der Waals surface area (Å²) in [5.41, 5.74) is 6.11. The van der Waals surface area contributed by atoms with Crippen molar-refractivity contribution in [3.8, 4) is 0 Å². The molecule has 1 saturated heterocycles. The highest BCUT2D eigenvalue weighted by Gasteiger charge is 2.26. The summed E-state index contributed by atoms with van der Waals surface area (Å²) in [4.78, 5) is 36.3. The monoisotopic (exact) mass is 348 g/mol. The van der Waals surface area contributed by atoms with Gasteiger partial charge in [0.1, 0.15) is 0 Å². The Morgan fingerprint density at radius 2 is 2.00 bits per heavy atom. The molecule has 2 rings (SSSR count). The molecule has 0 radical (unpaired) electrons. The van der Waals surface area contributed by atoms with E-state index in [9.17, 15) is 19.7 Å². The number of carbonyl (C=O) groups is 2. The first-order valence-corrected chi connectivity index (χ1v) is 8.51. The molecule has 25 heavy (non-hydrogen) atoms. The topological polar surface area (TPSA) is 119 Å². The maximum atomic E-state index is 12.6. The van der Waals surface area contributed by atoms with E-state index in [0.717, 1.165) is 24.8 Å². The van der Waals surface area contributed by atoms with Crippen LogP contribution in [-0.2, 0) is 16.0 Å². The average molecular weight is 348 g/mol.